The number of hydrogen-bond donors (Lipinski definition) is 2. The summed E-state index contributed by atoms with van der Waals surface area (Å²) in [5.74, 6) is -0.968. The highest BCUT2D eigenvalue weighted by Gasteiger charge is 2.28. The van der Waals surface area contributed by atoms with Crippen molar-refractivity contribution in [3.05, 3.63) is 117 Å². The molecule has 4 aromatic rings. The minimum absolute atomic E-state index is 0.0745. The molecule has 0 heterocycles. The van der Waals surface area contributed by atoms with Gasteiger partial charge in [-0.3, -0.25) is 9.59 Å². The highest BCUT2D eigenvalue weighted by molar-refractivity contribution is 9.10. The van der Waals surface area contributed by atoms with Gasteiger partial charge in [0.25, 0.3) is 5.91 Å². The summed E-state index contributed by atoms with van der Waals surface area (Å²) in [5.41, 5.74) is 4.10. The van der Waals surface area contributed by atoms with Crippen molar-refractivity contribution in [3.8, 4) is 0 Å². The van der Waals surface area contributed by atoms with E-state index in [1.165, 1.54) is 21.9 Å². The molecule has 0 aliphatic rings. The fourth-order valence-corrected chi connectivity index (χ4v) is 5.56. The lowest BCUT2D eigenvalue weighted by Gasteiger charge is -2.30. The molecule has 2 N–H and O–H groups in total. The van der Waals surface area contributed by atoms with Crippen LogP contribution in [0.1, 0.15) is 65.1 Å². The van der Waals surface area contributed by atoms with Gasteiger partial charge in [-0.2, -0.15) is 0 Å². The Morgan fingerprint density at radius 3 is 2.19 bits per heavy atom. The number of nitrogens with one attached hydrogen (secondary N) is 1. The van der Waals surface area contributed by atoms with Gasteiger partial charge in [-0.05, 0) is 70.1 Å². The summed E-state index contributed by atoms with van der Waals surface area (Å²) in [5, 5.41) is 14.6. The molecule has 0 aliphatic heterocycles. The molecule has 37 heavy (non-hydrogen) atoms. The van der Waals surface area contributed by atoms with Crippen LogP contribution in [0.15, 0.2) is 89.4 Å². The summed E-state index contributed by atoms with van der Waals surface area (Å²) < 4.78 is 1.06. The van der Waals surface area contributed by atoms with E-state index in [-0.39, 0.29) is 30.7 Å². The first-order chi connectivity index (χ1) is 17.9. The maximum Gasteiger partial charge on any atom is 0.305 e. The van der Waals surface area contributed by atoms with E-state index in [2.05, 4.69) is 76.7 Å². The molecule has 1 amide bonds. The molecule has 1 unspecified atom stereocenters. The number of carbonyl (C=O) groups is 2. The van der Waals surface area contributed by atoms with Crippen molar-refractivity contribution >= 4 is 50.2 Å². The third-order valence-electron chi connectivity index (χ3n) is 6.70. The van der Waals surface area contributed by atoms with Crippen LogP contribution in [0.4, 0.5) is 0 Å². The average molecular weight is 579 g/mol. The molecule has 2 atom stereocenters. The van der Waals surface area contributed by atoms with Crippen molar-refractivity contribution in [3.63, 3.8) is 0 Å². The van der Waals surface area contributed by atoms with Crippen LogP contribution in [0, 0.1) is 0 Å². The Kier molecular flexibility index (Phi) is 9.01. The molecular weight excluding hydrogens is 550 g/mol. The minimum Gasteiger partial charge on any atom is -0.481 e. The molecule has 4 rings (SSSR count). The van der Waals surface area contributed by atoms with E-state index in [1.807, 2.05) is 36.4 Å². The first-order valence-electron chi connectivity index (χ1n) is 12.4. The van der Waals surface area contributed by atoms with E-state index in [9.17, 15) is 9.59 Å². The lowest BCUT2D eigenvalue weighted by atomic mass is 9.74. The second-order valence-electron chi connectivity index (χ2n) is 9.13. The Morgan fingerprint density at radius 1 is 0.892 bits per heavy atom. The van der Waals surface area contributed by atoms with E-state index in [0.717, 1.165) is 22.9 Å². The lowest BCUT2D eigenvalue weighted by Crippen LogP contribution is -2.26. The highest BCUT2D eigenvalue weighted by Crippen LogP contribution is 2.45. The van der Waals surface area contributed by atoms with Gasteiger partial charge in [0.1, 0.15) is 0 Å². The number of carbonyl (C=O) groups excluding carboxylic acids is 1. The van der Waals surface area contributed by atoms with Gasteiger partial charge >= 0.3 is 5.97 Å². The monoisotopic (exact) mass is 577 g/mol. The molecule has 4 aromatic carbocycles. The van der Waals surface area contributed by atoms with Gasteiger partial charge in [0.15, 0.2) is 0 Å². The van der Waals surface area contributed by atoms with Gasteiger partial charge in [-0.25, -0.2) is 0 Å². The van der Waals surface area contributed by atoms with Crippen molar-refractivity contribution in [2.45, 2.75) is 38.0 Å². The number of benzene rings is 4. The first-order valence-corrected chi connectivity index (χ1v) is 13.6. The smallest absolute Gasteiger partial charge is 0.305 e. The van der Waals surface area contributed by atoms with Crippen molar-refractivity contribution in [2.75, 3.05) is 6.54 Å². The molecule has 0 bridgehead atoms. The number of amides is 1. The van der Waals surface area contributed by atoms with Gasteiger partial charge in [-0.15, -0.1) is 0 Å². The second-order valence-corrected chi connectivity index (χ2v) is 10.4. The predicted octanol–water partition coefficient (Wildman–Crippen LogP) is 8.18. The number of hydrogen-bond acceptors (Lipinski definition) is 2. The summed E-state index contributed by atoms with van der Waals surface area (Å²) in [4.78, 5) is 23.3. The molecule has 0 aliphatic carbocycles. The minimum atomic E-state index is -0.938. The third-order valence-corrected chi connectivity index (χ3v) is 7.64. The Morgan fingerprint density at radius 2 is 1.54 bits per heavy atom. The Balaban J connectivity index is 1.77. The van der Waals surface area contributed by atoms with Gasteiger partial charge in [0.2, 0.25) is 0 Å². The summed E-state index contributed by atoms with van der Waals surface area (Å²) in [6, 6.07) is 28.6. The molecule has 4 nitrogen and oxygen atoms in total. The maximum absolute atomic E-state index is 12.5. The molecule has 0 saturated carbocycles. The molecule has 0 spiro atoms. The van der Waals surface area contributed by atoms with Crippen LogP contribution in [-0.4, -0.2) is 23.5 Å². The maximum atomic E-state index is 12.5. The Labute approximate surface area is 230 Å². The van der Waals surface area contributed by atoms with Crippen LogP contribution in [0.3, 0.4) is 0 Å². The van der Waals surface area contributed by atoms with Crippen LogP contribution in [0.5, 0.6) is 0 Å². The lowest BCUT2D eigenvalue weighted by molar-refractivity contribution is -0.136. The number of rotatable bonds is 10. The molecular formula is C31H29BrClNO3. The molecule has 0 fully saturated rings. The van der Waals surface area contributed by atoms with Crippen LogP contribution in [0.25, 0.3) is 10.8 Å². The summed E-state index contributed by atoms with van der Waals surface area (Å²) >= 11 is 9.98. The number of carboxylic acids is 1. The second kappa shape index (κ2) is 12.4. The molecule has 190 valence electrons. The van der Waals surface area contributed by atoms with Crippen LogP contribution >= 0.6 is 27.5 Å². The van der Waals surface area contributed by atoms with Crippen molar-refractivity contribution in [1.29, 1.82) is 0 Å². The molecule has 6 heteroatoms. The number of halogens is 2. The zero-order valence-corrected chi connectivity index (χ0v) is 22.9. The first kappa shape index (κ1) is 26.9. The van der Waals surface area contributed by atoms with Crippen molar-refractivity contribution < 1.29 is 14.7 Å². The molecule has 0 saturated heterocycles. The SMILES string of the molecule is CCC[C@H](c1ccc(C(=O)NCCC(=O)O)cc1)C(c1ccc(Cl)cc1)c1ccc(Br)c2ccccc12. The van der Waals surface area contributed by atoms with E-state index >= 15 is 0 Å². The van der Waals surface area contributed by atoms with Gasteiger partial charge in [0, 0.05) is 27.5 Å². The Bertz CT molecular complexity index is 1390. The Hall–Kier alpha value is -3.15. The average Bonchev–Trinajstić information content (AvgIpc) is 2.90. The van der Waals surface area contributed by atoms with E-state index in [1.54, 1.807) is 0 Å². The standard InChI is InChI=1S/C31H29BrClNO3/c1-2-5-24(20-8-10-22(11-9-20)31(37)34-19-18-29(35)36)30(21-12-14-23(33)15-13-21)27-16-17-28(32)26-7-4-3-6-25(26)27/h3-4,6-17,24,30H,2,5,18-19H2,1H3,(H,34,37)(H,35,36)/t24-,30?/m1/s1. The highest BCUT2D eigenvalue weighted by atomic mass is 79.9. The van der Waals surface area contributed by atoms with Gasteiger partial charge < -0.3 is 10.4 Å². The summed E-state index contributed by atoms with van der Waals surface area (Å²) in [6.07, 6.45) is 1.86. The molecule has 0 radical (unpaired) electrons. The number of fused-ring (bicyclic) bond motifs is 1. The van der Waals surface area contributed by atoms with Gasteiger partial charge in [-0.1, -0.05) is 95.5 Å². The van der Waals surface area contributed by atoms with Crippen LogP contribution in [-0.2, 0) is 4.79 Å². The third kappa shape index (κ3) is 6.41. The topological polar surface area (TPSA) is 66.4 Å². The zero-order chi connectivity index (χ0) is 26.4. The fraction of sp³-hybridized carbons (Fsp3) is 0.226. The summed E-state index contributed by atoms with van der Waals surface area (Å²) in [6.45, 7) is 2.29. The summed E-state index contributed by atoms with van der Waals surface area (Å²) in [7, 11) is 0. The number of aliphatic carboxylic acids is 1. The van der Waals surface area contributed by atoms with E-state index in [4.69, 9.17) is 16.7 Å². The number of carboxylic acid groups (broad SMARTS) is 1. The fourth-order valence-electron chi connectivity index (χ4n) is 4.96. The largest absolute Gasteiger partial charge is 0.481 e. The quantitative estimate of drug-likeness (QED) is 0.199. The van der Waals surface area contributed by atoms with E-state index in [0.29, 0.717) is 10.6 Å². The van der Waals surface area contributed by atoms with Crippen LogP contribution < -0.4 is 5.32 Å². The van der Waals surface area contributed by atoms with Crippen LogP contribution in [0.2, 0.25) is 5.02 Å². The zero-order valence-electron chi connectivity index (χ0n) is 20.6. The van der Waals surface area contributed by atoms with Crippen molar-refractivity contribution in [2.24, 2.45) is 0 Å². The van der Waals surface area contributed by atoms with Crippen molar-refractivity contribution in [1.82, 2.24) is 5.32 Å². The van der Waals surface area contributed by atoms with Gasteiger partial charge in [0.05, 0.1) is 6.42 Å². The normalized spacial score (nSPS) is 12.7. The molecule has 0 aromatic heterocycles. The van der Waals surface area contributed by atoms with E-state index < -0.39 is 5.97 Å². The predicted molar refractivity (Wildman–Crippen MR) is 154 cm³/mol.